The third-order valence-corrected chi connectivity index (χ3v) is 6.76. The Balaban J connectivity index is 1.76. The van der Waals surface area contributed by atoms with Gasteiger partial charge in [0.15, 0.2) is 0 Å². The van der Waals surface area contributed by atoms with Crippen molar-refractivity contribution in [2.24, 2.45) is 4.99 Å². The average Bonchev–Trinajstić information content (AvgIpc) is 2.99. The van der Waals surface area contributed by atoms with Crippen molar-refractivity contribution in [1.29, 1.82) is 0 Å². The Bertz CT molecular complexity index is 1220. The maximum absolute atomic E-state index is 13.7. The van der Waals surface area contributed by atoms with Crippen LogP contribution in [0.25, 0.3) is 0 Å². The number of amides is 1. The molecule has 1 amide bonds. The second kappa shape index (κ2) is 6.65. The van der Waals surface area contributed by atoms with Gasteiger partial charge in [-0.25, -0.2) is 4.99 Å². The second-order valence-corrected chi connectivity index (χ2v) is 9.84. The van der Waals surface area contributed by atoms with E-state index in [1.165, 1.54) is 11.1 Å². The first-order chi connectivity index (χ1) is 14.7. The fourth-order valence-electron chi connectivity index (χ4n) is 5.68. The van der Waals surface area contributed by atoms with E-state index in [1.807, 2.05) is 23.1 Å². The molecule has 3 heteroatoms. The molecule has 0 aliphatic carbocycles. The van der Waals surface area contributed by atoms with Crippen LogP contribution in [0.5, 0.6) is 0 Å². The Morgan fingerprint density at radius 3 is 2.23 bits per heavy atom. The molecule has 0 unspecified atom stereocenters. The number of carbonyl (C=O) groups excluding carboxylic acids is 1. The van der Waals surface area contributed by atoms with Crippen molar-refractivity contribution < 1.29 is 4.79 Å². The van der Waals surface area contributed by atoms with Gasteiger partial charge in [-0.3, -0.25) is 4.79 Å². The first-order valence-corrected chi connectivity index (χ1v) is 10.9. The zero-order valence-corrected chi connectivity index (χ0v) is 18.9. The minimum atomic E-state index is -0.329. The van der Waals surface area contributed by atoms with E-state index < -0.39 is 0 Å². The molecule has 5 rings (SSSR count). The summed E-state index contributed by atoms with van der Waals surface area (Å²) in [6.07, 6.45) is 0.850. The third kappa shape index (κ3) is 2.95. The van der Waals surface area contributed by atoms with Crippen LogP contribution in [0.4, 0.5) is 11.4 Å². The number of carbonyl (C=O) groups is 1. The van der Waals surface area contributed by atoms with E-state index in [4.69, 9.17) is 4.99 Å². The maximum atomic E-state index is 13.7. The summed E-state index contributed by atoms with van der Waals surface area (Å²) in [4.78, 5) is 20.6. The standard InChI is InChI=1S/C28H28N2O/c1-18-14-19(2)16-21(15-18)29-24-22-12-9-13-23-25(22)30(26(24)31)27(3,4)17-28(23,5)20-10-7-6-8-11-20/h6-16H,17H2,1-5H3/t28-/m1/s1. The normalized spacial score (nSPS) is 22.7. The van der Waals surface area contributed by atoms with E-state index in [9.17, 15) is 4.79 Å². The SMILES string of the molecule is Cc1cc(C)cc(N=C2C(=O)N3c4c2cccc4[C@@](C)(c2ccccc2)CC3(C)C)c1. The van der Waals surface area contributed by atoms with Crippen molar-refractivity contribution in [3.05, 3.63) is 94.5 Å². The minimum Gasteiger partial charge on any atom is -0.300 e. The number of benzene rings is 3. The highest BCUT2D eigenvalue weighted by Gasteiger charge is 2.52. The fraction of sp³-hybridized carbons (Fsp3) is 0.286. The van der Waals surface area contributed by atoms with Gasteiger partial charge in [0, 0.05) is 16.5 Å². The first kappa shape index (κ1) is 19.7. The molecule has 156 valence electrons. The summed E-state index contributed by atoms with van der Waals surface area (Å²) in [5.41, 5.74) is 7.63. The van der Waals surface area contributed by atoms with Gasteiger partial charge in [-0.15, -0.1) is 0 Å². The number of anilines is 1. The fourth-order valence-corrected chi connectivity index (χ4v) is 5.68. The van der Waals surface area contributed by atoms with E-state index in [2.05, 4.69) is 83.1 Å². The number of nitrogens with zero attached hydrogens (tertiary/aromatic N) is 2. The lowest BCUT2D eigenvalue weighted by Gasteiger charge is -2.49. The summed E-state index contributed by atoms with van der Waals surface area (Å²) >= 11 is 0. The van der Waals surface area contributed by atoms with E-state index in [-0.39, 0.29) is 16.9 Å². The minimum absolute atomic E-state index is 0.00159. The van der Waals surface area contributed by atoms with Gasteiger partial charge in [-0.1, -0.05) is 61.5 Å². The Morgan fingerprint density at radius 2 is 1.55 bits per heavy atom. The summed E-state index contributed by atoms with van der Waals surface area (Å²) in [6.45, 7) is 10.8. The molecule has 1 atom stereocenters. The smallest absolute Gasteiger partial charge is 0.278 e. The molecule has 3 aromatic rings. The predicted octanol–water partition coefficient (Wildman–Crippen LogP) is 6.26. The van der Waals surface area contributed by atoms with Gasteiger partial charge in [-0.2, -0.15) is 0 Å². The van der Waals surface area contributed by atoms with Crippen molar-refractivity contribution in [3.63, 3.8) is 0 Å². The monoisotopic (exact) mass is 408 g/mol. The number of aryl methyl sites for hydroxylation is 2. The molecule has 0 N–H and O–H groups in total. The zero-order valence-electron chi connectivity index (χ0n) is 18.9. The Hall–Kier alpha value is -3.20. The highest BCUT2D eigenvalue weighted by Crippen LogP contribution is 2.54. The van der Waals surface area contributed by atoms with Gasteiger partial charge in [0.1, 0.15) is 5.71 Å². The van der Waals surface area contributed by atoms with Gasteiger partial charge >= 0.3 is 0 Å². The zero-order chi connectivity index (χ0) is 22.0. The maximum Gasteiger partial charge on any atom is 0.278 e. The molecule has 31 heavy (non-hydrogen) atoms. The van der Waals surface area contributed by atoms with Crippen molar-refractivity contribution >= 4 is 23.0 Å². The summed E-state index contributed by atoms with van der Waals surface area (Å²) in [7, 11) is 0. The van der Waals surface area contributed by atoms with Gasteiger partial charge < -0.3 is 4.90 Å². The van der Waals surface area contributed by atoms with Crippen molar-refractivity contribution in [2.45, 2.75) is 52.0 Å². The predicted molar refractivity (Wildman–Crippen MR) is 128 cm³/mol. The molecule has 0 spiro atoms. The van der Waals surface area contributed by atoms with Gasteiger partial charge in [0.25, 0.3) is 5.91 Å². The molecule has 0 fully saturated rings. The van der Waals surface area contributed by atoms with Crippen molar-refractivity contribution in [3.8, 4) is 0 Å². The number of rotatable bonds is 2. The van der Waals surface area contributed by atoms with Gasteiger partial charge in [0.2, 0.25) is 0 Å². The molecule has 2 aliphatic heterocycles. The average molecular weight is 409 g/mol. The third-order valence-electron chi connectivity index (χ3n) is 6.76. The van der Waals surface area contributed by atoms with E-state index in [0.717, 1.165) is 34.5 Å². The molecule has 0 bridgehead atoms. The molecule has 3 nitrogen and oxygen atoms in total. The highest BCUT2D eigenvalue weighted by molar-refractivity contribution is 6.55. The lowest BCUT2D eigenvalue weighted by molar-refractivity contribution is -0.113. The molecule has 0 radical (unpaired) electrons. The van der Waals surface area contributed by atoms with Crippen LogP contribution in [-0.2, 0) is 10.2 Å². The summed E-state index contributed by atoms with van der Waals surface area (Å²) < 4.78 is 0. The van der Waals surface area contributed by atoms with E-state index in [0.29, 0.717) is 5.71 Å². The number of para-hydroxylation sites is 1. The van der Waals surface area contributed by atoms with Crippen LogP contribution in [0.2, 0.25) is 0 Å². The van der Waals surface area contributed by atoms with Crippen LogP contribution < -0.4 is 4.90 Å². The van der Waals surface area contributed by atoms with Crippen LogP contribution in [0.1, 0.15) is 55.0 Å². The van der Waals surface area contributed by atoms with Gasteiger partial charge in [-0.05, 0) is 68.5 Å². The largest absolute Gasteiger partial charge is 0.300 e. The summed E-state index contributed by atoms with van der Waals surface area (Å²) in [5, 5.41) is 0. The van der Waals surface area contributed by atoms with E-state index >= 15 is 0 Å². The van der Waals surface area contributed by atoms with Crippen LogP contribution in [0.3, 0.4) is 0 Å². The van der Waals surface area contributed by atoms with Crippen LogP contribution in [-0.4, -0.2) is 17.2 Å². The lowest BCUT2D eigenvalue weighted by Crippen LogP contribution is -2.54. The topological polar surface area (TPSA) is 32.7 Å². The molecule has 2 heterocycles. The summed E-state index contributed by atoms with van der Waals surface area (Å²) in [5.74, 6) is 0.00159. The number of hydrogen-bond acceptors (Lipinski definition) is 2. The quantitative estimate of drug-likeness (QED) is 0.493. The van der Waals surface area contributed by atoms with Crippen LogP contribution in [0.15, 0.2) is 71.7 Å². The Morgan fingerprint density at radius 1 is 0.871 bits per heavy atom. The lowest BCUT2D eigenvalue weighted by atomic mass is 9.65. The molecular weight excluding hydrogens is 380 g/mol. The number of aliphatic imine (C=N–C) groups is 1. The first-order valence-electron chi connectivity index (χ1n) is 10.9. The van der Waals surface area contributed by atoms with Crippen molar-refractivity contribution in [2.75, 3.05) is 4.90 Å². The second-order valence-electron chi connectivity index (χ2n) is 9.84. The van der Waals surface area contributed by atoms with Crippen LogP contribution in [0, 0.1) is 13.8 Å². The Kier molecular flexibility index (Phi) is 4.23. The molecule has 0 aromatic heterocycles. The summed E-state index contributed by atoms with van der Waals surface area (Å²) in [6, 6.07) is 23.2. The molecule has 2 aliphatic rings. The molecular formula is C28H28N2O. The molecule has 3 aromatic carbocycles. The van der Waals surface area contributed by atoms with E-state index in [1.54, 1.807) is 0 Å². The van der Waals surface area contributed by atoms with Gasteiger partial charge in [0.05, 0.1) is 11.4 Å². The van der Waals surface area contributed by atoms with Crippen molar-refractivity contribution in [1.82, 2.24) is 0 Å². The van der Waals surface area contributed by atoms with Crippen LogP contribution >= 0.6 is 0 Å². The highest BCUT2D eigenvalue weighted by atomic mass is 16.2. The molecule has 0 saturated heterocycles. The Labute approximate surface area is 184 Å². The molecule has 0 saturated carbocycles. The number of hydrogen-bond donors (Lipinski definition) is 0.